The molecule has 2 heterocycles. The molecular weight excluding hydrogens is 404 g/mol. The number of nitrogens with zero attached hydrogens (tertiary/aromatic N) is 1. The molecule has 1 atom stereocenters. The predicted octanol–water partition coefficient (Wildman–Crippen LogP) is 3.75. The molecule has 0 fully saturated rings. The number of furan rings is 1. The minimum Gasteiger partial charge on any atom is -0.476 e. The van der Waals surface area contributed by atoms with E-state index in [4.69, 9.17) is 9.15 Å². The molecule has 1 aliphatic rings. The van der Waals surface area contributed by atoms with Crippen LogP contribution >= 0.6 is 0 Å². The van der Waals surface area contributed by atoms with E-state index < -0.39 is 22.0 Å². The number of para-hydroxylation sites is 3. The first kappa shape index (κ1) is 18.5. The summed E-state index contributed by atoms with van der Waals surface area (Å²) in [5, 5.41) is 4.76. The molecule has 1 unspecified atom stereocenters. The van der Waals surface area contributed by atoms with Gasteiger partial charge in [0.2, 0.25) is 10.0 Å². The second-order valence-corrected chi connectivity index (χ2v) is 9.07. The maximum atomic E-state index is 12.9. The Morgan fingerprint density at radius 1 is 1.00 bits per heavy atom. The highest BCUT2D eigenvalue weighted by molar-refractivity contribution is 7.92. The topological polar surface area (TPSA) is 88.9 Å². The lowest BCUT2D eigenvalue weighted by atomic mass is 10.1. The molecule has 7 nitrogen and oxygen atoms in total. The van der Waals surface area contributed by atoms with E-state index in [1.807, 2.05) is 30.3 Å². The number of fused-ring (bicyclic) bond motifs is 4. The van der Waals surface area contributed by atoms with E-state index >= 15 is 0 Å². The first-order valence-electron chi connectivity index (χ1n) is 9.36. The SMILES string of the molecule is CS(=O)(=O)N1CC(C(=O)Nc2ccc3c(c2)oc2ccccc23)Oc2ccccc21. The van der Waals surface area contributed by atoms with Crippen LogP contribution in [-0.4, -0.2) is 33.2 Å². The summed E-state index contributed by atoms with van der Waals surface area (Å²) in [6.07, 6.45) is 0.125. The Labute approximate surface area is 172 Å². The first-order chi connectivity index (χ1) is 14.4. The molecule has 30 heavy (non-hydrogen) atoms. The van der Waals surface area contributed by atoms with Crippen molar-refractivity contribution in [3.05, 3.63) is 66.7 Å². The van der Waals surface area contributed by atoms with Crippen LogP contribution in [0.5, 0.6) is 5.75 Å². The lowest BCUT2D eigenvalue weighted by Gasteiger charge is -2.33. The molecule has 3 aromatic carbocycles. The minimum absolute atomic E-state index is 0.103. The summed E-state index contributed by atoms with van der Waals surface area (Å²) in [6.45, 7) is -0.103. The average molecular weight is 422 g/mol. The summed E-state index contributed by atoms with van der Waals surface area (Å²) in [7, 11) is -3.56. The largest absolute Gasteiger partial charge is 0.476 e. The number of carbonyl (C=O) groups excluding carboxylic acids is 1. The lowest BCUT2D eigenvalue weighted by Crippen LogP contribution is -2.48. The van der Waals surface area contributed by atoms with Gasteiger partial charge in [0, 0.05) is 22.5 Å². The second-order valence-electron chi connectivity index (χ2n) is 7.17. The molecule has 8 heteroatoms. The lowest BCUT2D eigenvalue weighted by molar-refractivity contribution is -0.122. The van der Waals surface area contributed by atoms with Crippen LogP contribution in [0.25, 0.3) is 21.9 Å². The number of ether oxygens (including phenoxy) is 1. The summed E-state index contributed by atoms with van der Waals surface area (Å²) in [6, 6.07) is 19.9. The third-order valence-corrected chi connectivity index (χ3v) is 6.22. The summed E-state index contributed by atoms with van der Waals surface area (Å²) < 4.78 is 37.3. The number of rotatable bonds is 3. The number of benzene rings is 3. The van der Waals surface area contributed by atoms with Crippen LogP contribution in [0.3, 0.4) is 0 Å². The third-order valence-electron chi connectivity index (χ3n) is 5.07. The van der Waals surface area contributed by atoms with Gasteiger partial charge in [-0.15, -0.1) is 0 Å². The Morgan fingerprint density at radius 3 is 2.57 bits per heavy atom. The van der Waals surface area contributed by atoms with Gasteiger partial charge in [0.05, 0.1) is 18.5 Å². The molecule has 5 rings (SSSR count). The quantitative estimate of drug-likeness (QED) is 0.543. The maximum absolute atomic E-state index is 12.9. The Kier molecular flexibility index (Phi) is 4.18. The van der Waals surface area contributed by atoms with Crippen LogP contribution in [-0.2, 0) is 14.8 Å². The fourth-order valence-electron chi connectivity index (χ4n) is 3.68. The monoisotopic (exact) mass is 422 g/mol. The highest BCUT2D eigenvalue weighted by Crippen LogP contribution is 2.35. The van der Waals surface area contributed by atoms with Crippen molar-refractivity contribution in [3.8, 4) is 5.75 Å². The van der Waals surface area contributed by atoms with Gasteiger partial charge < -0.3 is 14.5 Å². The Hall–Kier alpha value is -3.52. The number of hydrogen-bond donors (Lipinski definition) is 1. The van der Waals surface area contributed by atoms with E-state index in [0.29, 0.717) is 22.7 Å². The van der Waals surface area contributed by atoms with E-state index in [-0.39, 0.29) is 6.54 Å². The van der Waals surface area contributed by atoms with Gasteiger partial charge in [0.15, 0.2) is 6.10 Å². The van der Waals surface area contributed by atoms with Gasteiger partial charge in [-0.2, -0.15) is 0 Å². The fourth-order valence-corrected chi connectivity index (χ4v) is 4.59. The van der Waals surface area contributed by atoms with Crippen LogP contribution < -0.4 is 14.4 Å². The predicted molar refractivity (Wildman–Crippen MR) is 115 cm³/mol. The second kappa shape index (κ2) is 6.77. The van der Waals surface area contributed by atoms with Crippen molar-refractivity contribution in [2.24, 2.45) is 0 Å². The number of amides is 1. The molecule has 152 valence electrons. The van der Waals surface area contributed by atoms with Crippen molar-refractivity contribution in [3.63, 3.8) is 0 Å². The summed E-state index contributed by atoms with van der Waals surface area (Å²) >= 11 is 0. The summed E-state index contributed by atoms with van der Waals surface area (Å²) in [5.41, 5.74) is 2.39. The number of nitrogens with one attached hydrogen (secondary N) is 1. The first-order valence-corrected chi connectivity index (χ1v) is 11.2. The molecule has 4 aromatic rings. The van der Waals surface area contributed by atoms with E-state index in [2.05, 4.69) is 5.32 Å². The third kappa shape index (κ3) is 3.15. The molecule has 1 aliphatic heterocycles. The van der Waals surface area contributed by atoms with Crippen LogP contribution in [0.2, 0.25) is 0 Å². The van der Waals surface area contributed by atoms with Crippen molar-refractivity contribution in [1.29, 1.82) is 0 Å². The number of sulfonamides is 1. The average Bonchev–Trinajstić information content (AvgIpc) is 3.10. The zero-order chi connectivity index (χ0) is 20.9. The van der Waals surface area contributed by atoms with Crippen LogP contribution in [0.15, 0.2) is 71.1 Å². The van der Waals surface area contributed by atoms with Crippen molar-refractivity contribution >= 4 is 49.2 Å². The standard InChI is InChI=1S/C22H18N2O5S/c1-30(26,27)24-13-21(29-19-9-5-3-7-17(19)24)22(25)23-14-10-11-16-15-6-2-4-8-18(15)28-20(16)12-14/h2-12,21H,13H2,1H3,(H,23,25). The van der Waals surface area contributed by atoms with Gasteiger partial charge in [0.1, 0.15) is 16.9 Å². The molecule has 1 amide bonds. The van der Waals surface area contributed by atoms with Gasteiger partial charge in [0.25, 0.3) is 5.91 Å². The molecule has 0 bridgehead atoms. The Balaban J connectivity index is 1.43. The number of anilines is 2. The van der Waals surface area contributed by atoms with E-state index in [0.717, 1.165) is 22.6 Å². The van der Waals surface area contributed by atoms with Gasteiger partial charge in [-0.3, -0.25) is 9.10 Å². The van der Waals surface area contributed by atoms with Crippen LogP contribution in [0.1, 0.15) is 0 Å². The zero-order valence-corrected chi connectivity index (χ0v) is 16.8. The van der Waals surface area contributed by atoms with Crippen LogP contribution in [0, 0.1) is 0 Å². The van der Waals surface area contributed by atoms with Gasteiger partial charge >= 0.3 is 0 Å². The molecule has 1 aromatic heterocycles. The van der Waals surface area contributed by atoms with Crippen LogP contribution in [0.4, 0.5) is 11.4 Å². The molecular formula is C22H18N2O5S. The highest BCUT2D eigenvalue weighted by atomic mass is 32.2. The molecule has 0 aliphatic carbocycles. The van der Waals surface area contributed by atoms with Gasteiger partial charge in [-0.05, 0) is 30.3 Å². The zero-order valence-electron chi connectivity index (χ0n) is 16.0. The number of hydrogen-bond acceptors (Lipinski definition) is 5. The normalized spacial score (nSPS) is 16.3. The fraction of sp³-hybridized carbons (Fsp3) is 0.136. The summed E-state index contributed by atoms with van der Waals surface area (Å²) in [4.78, 5) is 12.9. The van der Waals surface area contributed by atoms with Crippen molar-refractivity contribution in [1.82, 2.24) is 0 Å². The minimum atomic E-state index is -3.56. The van der Waals surface area contributed by atoms with E-state index in [1.54, 1.807) is 36.4 Å². The van der Waals surface area contributed by atoms with E-state index in [9.17, 15) is 13.2 Å². The molecule has 0 saturated heterocycles. The molecule has 1 N–H and O–H groups in total. The van der Waals surface area contributed by atoms with Gasteiger partial charge in [-0.25, -0.2) is 8.42 Å². The van der Waals surface area contributed by atoms with E-state index in [1.165, 1.54) is 4.31 Å². The van der Waals surface area contributed by atoms with Crippen molar-refractivity contribution in [2.75, 3.05) is 22.4 Å². The molecule has 0 spiro atoms. The maximum Gasteiger partial charge on any atom is 0.267 e. The van der Waals surface area contributed by atoms with Crippen molar-refractivity contribution in [2.45, 2.75) is 6.10 Å². The molecule has 0 saturated carbocycles. The Morgan fingerprint density at radius 2 is 1.73 bits per heavy atom. The van der Waals surface area contributed by atoms with Crippen molar-refractivity contribution < 1.29 is 22.4 Å². The molecule has 0 radical (unpaired) electrons. The van der Waals surface area contributed by atoms with Gasteiger partial charge in [-0.1, -0.05) is 30.3 Å². The summed E-state index contributed by atoms with van der Waals surface area (Å²) in [5.74, 6) is -0.0873. The highest BCUT2D eigenvalue weighted by Gasteiger charge is 2.34. The number of carbonyl (C=O) groups is 1. The Bertz CT molecular complexity index is 1390. The smallest absolute Gasteiger partial charge is 0.267 e.